The maximum Gasteiger partial charge on any atom is 0.155 e. The molecule has 0 aliphatic carbocycles. The summed E-state index contributed by atoms with van der Waals surface area (Å²) in [7, 11) is 0. The Morgan fingerprint density at radius 3 is 3.11 bits per heavy atom. The largest absolute Gasteiger partial charge is 0.316 e. The van der Waals surface area contributed by atoms with Gasteiger partial charge in [-0.05, 0) is 44.0 Å². The molecule has 0 aromatic carbocycles. The molecule has 3 rings (SSSR count). The van der Waals surface area contributed by atoms with E-state index in [2.05, 4.69) is 10.3 Å². The molecule has 0 saturated carbocycles. The van der Waals surface area contributed by atoms with Gasteiger partial charge in [-0.3, -0.25) is 0 Å². The maximum absolute atomic E-state index is 6.16. The first-order valence-electron chi connectivity index (χ1n) is 6.27. The van der Waals surface area contributed by atoms with Crippen LogP contribution < -0.4 is 5.32 Å². The van der Waals surface area contributed by atoms with Crippen LogP contribution in [0.5, 0.6) is 0 Å². The molecule has 1 fully saturated rings. The molecule has 0 spiro atoms. The molecule has 1 unspecified atom stereocenters. The van der Waals surface area contributed by atoms with Crippen molar-refractivity contribution in [2.75, 3.05) is 13.1 Å². The van der Waals surface area contributed by atoms with Crippen molar-refractivity contribution in [3.05, 3.63) is 34.3 Å². The highest BCUT2D eigenvalue weighted by molar-refractivity contribution is 6.34. The first-order valence-corrected chi connectivity index (χ1v) is 7.02. The lowest BCUT2D eigenvalue weighted by Gasteiger charge is -2.21. The fourth-order valence-electron chi connectivity index (χ4n) is 2.58. The van der Waals surface area contributed by atoms with Gasteiger partial charge in [-0.25, -0.2) is 4.98 Å². The molecule has 0 bridgehead atoms. The Bertz CT molecular complexity index is 559. The van der Waals surface area contributed by atoms with E-state index < -0.39 is 0 Å². The van der Waals surface area contributed by atoms with Crippen molar-refractivity contribution in [2.45, 2.75) is 19.3 Å². The number of nitrogens with zero attached hydrogens (tertiary/aromatic N) is 2. The monoisotopic (exact) mass is 283 g/mol. The molecule has 0 radical (unpaired) electrons. The third kappa shape index (κ3) is 2.35. The number of nitrogens with one attached hydrogen (secondary N) is 1. The lowest BCUT2D eigenvalue weighted by Crippen LogP contribution is -2.31. The number of pyridine rings is 1. The molecule has 3 nitrogen and oxygen atoms in total. The first kappa shape index (κ1) is 12.3. The zero-order valence-electron chi connectivity index (χ0n) is 10.00. The van der Waals surface area contributed by atoms with Gasteiger partial charge in [0.15, 0.2) is 5.15 Å². The molecule has 5 heteroatoms. The van der Waals surface area contributed by atoms with E-state index in [0.717, 1.165) is 30.9 Å². The maximum atomic E-state index is 6.16. The number of rotatable bonds is 2. The molecule has 2 aromatic heterocycles. The van der Waals surface area contributed by atoms with E-state index in [1.807, 2.05) is 22.7 Å². The summed E-state index contributed by atoms with van der Waals surface area (Å²) in [5, 5.41) is 4.66. The molecule has 3 heterocycles. The number of piperidine rings is 1. The molecule has 1 aliphatic rings. The first-order chi connectivity index (χ1) is 8.74. The van der Waals surface area contributed by atoms with E-state index in [0.29, 0.717) is 16.1 Å². The summed E-state index contributed by atoms with van der Waals surface area (Å²) in [6.45, 7) is 2.20. The summed E-state index contributed by atoms with van der Waals surface area (Å²) in [5.74, 6) is 1.68. The normalized spacial score (nSPS) is 20.4. The van der Waals surface area contributed by atoms with Crippen LogP contribution >= 0.6 is 23.2 Å². The average Bonchev–Trinajstić information content (AvgIpc) is 2.67. The third-order valence-electron chi connectivity index (χ3n) is 3.50. The molecule has 96 valence electrons. The summed E-state index contributed by atoms with van der Waals surface area (Å²) in [4.78, 5) is 4.47. The number of aromatic nitrogens is 2. The van der Waals surface area contributed by atoms with Crippen molar-refractivity contribution in [1.29, 1.82) is 0 Å². The highest BCUT2D eigenvalue weighted by Gasteiger charge is 2.17. The van der Waals surface area contributed by atoms with Crippen LogP contribution in [0.3, 0.4) is 0 Å². The van der Waals surface area contributed by atoms with E-state index >= 15 is 0 Å². The fraction of sp³-hybridized carbons (Fsp3) is 0.462. The zero-order chi connectivity index (χ0) is 12.5. The average molecular weight is 284 g/mol. The second-order valence-corrected chi connectivity index (χ2v) is 5.63. The Labute approximate surface area is 116 Å². The highest BCUT2D eigenvalue weighted by atomic mass is 35.5. The second-order valence-electron chi connectivity index (χ2n) is 4.84. The molecule has 2 aromatic rings. The van der Waals surface area contributed by atoms with E-state index in [-0.39, 0.29) is 0 Å². The van der Waals surface area contributed by atoms with Crippen LogP contribution in [0.2, 0.25) is 10.2 Å². The van der Waals surface area contributed by atoms with Gasteiger partial charge in [0, 0.05) is 17.6 Å². The van der Waals surface area contributed by atoms with Crippen LogP contribution in [0, 0.1) is 5.92 Å². The summed E-state index contributed by atoms with van der Waals surface area (Å²) in [6, 6.07) is 3.73. The molecule has 0 amide bonds. The SMILES string of the molecule is Clc1ccn2c(CC3CCCNC3)nc(Cl)c2c1. The summed E-state index contributed by atoms with van der Waals surface area (Å²) in [5.41, 5.74) is 0.892. The van der Waals surface area contributed by atoms with E-state index in [9.17, 15) is 0 Å². The topological polar surface area (TPSA) is 29.3 Å². The van der Waals surface area contributed by atoms with Gasteiger partial charge in [0.05, 0.1) is 5.52 Å². The number of imidazole rings is 1. The number of hydrogen-bond donors (Lipinski definition) is 1. The molecular weight excluding hydrogens is 269 g/mol. The van der Waals surface area contributed by atoms with Gasteiger partial charge >= 0.3 is 0 Å². The van der Waals surface area contributed by atoms with Gasteiger partial charge in [0.2, 0.25) is 0 Å². The molecule has 1 aliphatic heterocycles. The molecule has 1 atom stereocenters. The van der Waals surface area contributed by atoms with Crippen molar-refractivity contribution < 1.29 is 0 Å². The van der Waals surface area contributed by atoms with Gasteiger partial charge in [0.25, 0.3) is 0 Å². The van der Waals surface area contributed by atoms with Crippen LogP contribution in [-0.2, 0) is 6.42 Å². The van der Waals surface area contributed by atoms with Gasteiger partial charge < -0.3 is 9.72 Å². The summed E-state index contributed by atoms with van der Waals surface area (Å²) >= 11 is 12.1. The van der Waals surface area contributed by atoms with Gasteiger partial charge in [0.1, 0.15) is 5.82 Å². The molecule has 1 N–H and O–H groups in total. The summed E-state index contributed by atoms with van der Waals surface area (Å²) < 4.78 is 2.04. The number of hydrogen-bond acceptors (Lipinski definition) is 2. The quantitative estimate of drug-likeness (QED) is 0.917. The Morgan fingerprint density at radius 2 is 2.33 bits per heavy atom. The van der Waals surface area contributed by atoms with Gasteiger partial charge in [-0.2, -0.15) is 0 Å². The van der Waals surface area contributed by atoms with Crippen LogP contribution in [-0.4, -0.2) is 22.5 Å². The molecular formula is C13H15Cl2N3. The Morgan fingerprint density at radius 1 is 1.44 bits per heavy atom. The highest BCUT2D eigenvalue weighted by Crippen LogP contribution is 2.24. The van der Waals surface area contributed by atoms with Gasteiger partial charge in [-0.1, -0.05) is 23.2 Å². The van der Waals surface area contributed by atoms with Crippen molar-refractivity contribution in [1.82, 2.24) is 14.7 Å². The van der Waals surface area contributed by atoms with E-state index in [1.54, 1.807) is 0 Å². The van der Waals surface area contributed by atoms with Crippen molar-refractivity contribution >= 4 is 28.7 Å². The van der Waals surface area contributed by atoms with Crippen molar-refractivity contribution in [3.8, 4) is 0 Å². The number of fused-ring (bicyclic) bond motifs is 1. The predicted octanol–water partition coefficient (Wildman–Crippen LogP) is 3.18. The minimum atomic E-state index is 0.538. The molecule has 1 saturated heterocycles. The van der Waals surface area contributed by atoms with Crippen LogP contribution in [0.25, 0.3) is 5.52 Å². The summed E-state index contributed by atoms with van der Waals surface area (Å²) in [6.07, 6.45) is 5.41. The minimum Gasteiger partial charge on any atom is -0.316 e. The minimum absolute atomic E-state index is 0.538. The fourth-order valence-corrected chi connectivity index (χ4v) is 2.99. The van der Waals surface area contributed by atoms with Crippen LogP contribution in [0.4, 0.5) is 0 Å². The van der Waals surface area contributed by atoms with E-state index in [4.69, 9.17) is 23.2 Å². The Balaban J connectivity index is 1.91. The van der Waals surface area contributed by atoms with Crippen molar-refractivity contribution in [2.24, 2.45) is 5.92 Å². The smallest absolute Gasteiger partial charge is 0.155 e. The number of halogens is 2. The lowest BCUT2D eigenvalue weighted by molar-refractivity contribution is 0.370. The van der Waals surface area contributed by atoms with Crippen molar-refractivity contribution in [3.63, 3.8) is 0 Å². The van der Waals surface area contributed by atoms with Crippen LogP contribution in [0.15, 0.2) is 18.3 Å². The molecule has 18 heavy (non-hydrogen) atoms. The van der Waals surface area contributed by atoms with E-state index in [1.165, 1.54) is 12.8 Å². The Kier molecular flexibility index (Phi) is 3.46. The predicted molar refractivity (Wildman–Crippen MR) is 74.5 cm³/mol. The Hall–Kier alpha value is -0.770. The zero-order valence-corrected chi connectivity index (χ0v) is 11.5. The standard InChI is InChI=1S/C13H15Cl2N3/c14-10-3-5-18-11(7-10)13(15)17-12(18)6-9-2-1-4-16-8-9/h3,5,7,9,16H,1-2,4,6,8H2. The second kappa shape index (κ2) is 5.08. The van der Waals surface area contributed by atoms with Crippen LogP contribution in [0.1, 0.15) is 18.7 Å². The third-order valence-corrected chi connectivity index (χ3v) is 4.02. The lowest BCUT2D eigenvalue weighted by atomic mass is 9.96. The van der Waals surface area contributed by atoms with Gasteiger partial charge in [-0.15, -0.1) is 0 Å².